The van der Waals surface area contributed by atoms with Crippen molar-refractivity contribution in [2.24, 2.45) is 0 Å². The highest BCUT2D eigenvalue weighted by molar-refractivity contribution is 7.99. The van der Waals surface area contributed by atoms with Crippen LogP contribution in [0.3, 0.4) is 0 Å². The van der Waals surface area contributed by atoms with Crippen LogP contribution in [0.15, 0.2) is 144 Å². The lowest BCUT2D eigenvalue weighted by atomic mass is 9.77. The van der Waals surface area contributed by atoms with Crippen LogP contribution in [0.2, 0.25) is 0 Å². The van der Waals surface area contributed by atoms with E-state index < -0.39 is 0 Å². The van der Waals surface area contributed by atoms with Gasteiger partial charge in [-0.25, -0.2) is 9.97 Å². The number of rotatable bonds is 3. The zero-order valence-corrected chi connectivity index (χ0v) is 26.6. The summed E-state index contributed by atoms with van der Waals surface area (Å²) in [5.74, 6) is 1.52. The first-order chi connectivity index (χ1) is 23.0. The highest BCUT2D eigenvalue weighted by atomic mass is 32.2. The summed E-state index contributed by atoms with van der Waals surface area (Å²) < 4.78 is 11.0. The van der Waals surface area contributed by atoms with Crippen molar-refractivity contribution in [3.8, 4) is 17.2 Å². The lowest BCUT2D eigenvalue weighted by molar-refractivity contribution is 0.483. The van der Waals surface area contributed by atoms with E-state index in [0.717, 1.165) is 55.7 Å². The van der Waals surface area contributed by atoms with Crippen LogP contribution in [0.4, 0.5) is 0 Å². The number of hydrogen-bond acceptors (Lipinski definition) is 4. The van der Waals surface area contributed by atoms with Gasteiger partial charge in [0.2, 0.25) is 0 Å². The molecule has 9 aromatic rings. The third kappa shape index (κ3) is 3.85. The molecule has 0 fully saturated rings. The van der Waals surface area contributed by atoms with Crippen molar-refractivity contribution in [1.29, 1.82) is 0 Å². The van der Waals surface area contributed by atoms with Gasteiger partial charge >= 0.3 is 0 Å². The lowest BCUT2D eigenvalue weighted by Crippen LogP contribution is -2.23. The molecule has 0 unspecified atom stereocenters. The quantitative estimate of drug-likeness (QED) is 0.184. The molecule has 0 N–H and O–H groups in total. The summed E-state index contributed by atoms with van der Waals surface area (Å²) in [6.07, 6.45) is 5.75. The lowest BCUT2D eigenvalue weighted by Gasteiger charge is -2.34. The number of nitrogens with zero attached hydrogens (tertiary/aromatic N) is 4. The molecule has 47 heavy (non-hydrogen) atoms. The van der Waals surface area contributed by atoms with Crippen LogP contribution in [0.25, 0.3) is 54.9 Å². The first-order valence-corrected chi connectivity index (χ1v) is 16.6. The Balaban J connectivity index is 1.11. The topological polar surface area (TPSA) is 44.4 Å². The van der Waals surface area contributed by atoms with E-state index in [-0.39, 0.29) is 5.41 Å². The van der Waals surface area contributed by atoms with Gasteiger partial charge in [-0.2, -0.15) is 0 Å². The molecule has 1 aliphatic heterocycles. The van der Waals surface area contributed by atoms with E-state index in [9.17, 15) is 0 Å². The number of benzene rings is 5. The Labute approximate surface area is 275 Å². The van der Waals surface area contributed by atoms with E-state index in [4.69, 9.17) is 14.7 Å². The maximum absolute atomic E-state index is 6.57. The fraction of sp³-hybridized carbons (Fsp3) is 0.0732. The summed E-state index contributed by atoms with van der Waals surface area (Å²) in [7, 11) is 0. The van der Waals surface area contributed by atoms with Crippen LogP contribution in [0.5, 0.6) is 11.5 Å². The normalized spacial score (nSPS) is 13.8. The van der Waals surface area contributed by atoms with E-state index in [1.165, 1.54) is 31.7 Å². The first kappa shape index (κ1) is 26.6. The Kier molecular flexibility index (Phi) is 5.50. The third-order valence-corrected chi connectivity index (χ3v) is 10.9. The second-order valence-corrected chi connectivity index (χ2v) is 13.8. The van der Waals surface area contributed by atoms with Gasteiger partial charge in [0.15, 0.2) is 0 Å². The highest BCUT2D eigenvalue weighted by Crippen LogP contribution is 2.51. The maximum Gasteiger partial charge on any atom is 0.145 e. The van der Waals surface area contributed by atoms with E-state index in [1.54, 1.807) is 0 Å². The van der Waals surface area contributed by atoms with Gasteiger partial charge in [0, 0.05) is 61.4 Å². The van der Waals surface area contributed by atoms with Crippen molar-refractivity contribution in [3.05, 3.63) is 145 Å². The van der Waals surface area contributed by atoms with Crippen molar-refractivity contribution < 1.29 is 4.74 Å². The van der Waals surface area contributed by atoms with Crippen molar-refractivity contribution in [3.63, 3.8) is 0 Å². The molecular weight excluding hydrogens is 597 g/mol. The zero-order valence-electron chi connectivity index (χ0n) is 25.8. The third-order valence-electron chi connectivity index (χ3n) is 9.72. The second kappa shape index (κ2) is 9.71. The monoisotopic (exact) mass is 624 g/mol. The molecule has 0 saturated heterocycles. The Morgan fingerprint density at radius 3 is 2.36 bits per heavy atom. The van der Waals surface area contributed by atoms with Gasteiger partial charge in [-0.05, 0) is 83.2 Å². The van der Waals surface area contributed by atoms with Crippen molar-refractivity contribution >= 4 is 61.0 Å². The molecule has 0 spiro atoms. The molecule has 6 heteroatoms. The van der Waals surface area contributed by atoms with Crippen LogP contribution < -0.4 is 4.74 Å². The Hall–Kier alpha value is -5.59. The number of ether oxygens (including phenoxy) is 1. The smallest absolute Gasteiger partial charge is 0.145 e. The predicted octanol–water partition coefficient (Wildman–Crippen LogP) is 10.7. The Bertz CT molecular complexity index is 2740. The number of pyridine rings is 2. The van der Waals surface area contributed by atoms with Crippen LogP contribution in [0.1, 0.15) is 25.0 Å². The van der Waals surface area contributed by atoms with E-state index in [1.807, 2.05) is 48.6 Å². The van der Waals surface area contributed by atoms with Crippen LogP contribution in [0, 0.1) is 0 Å². The zero-order chi connectivity index (χ0) is 31.3. The van der Waals surface area contributed by atoms with Gasteiger partial charge in [-0.1, -0.05) is 68.1 Å². The number of aromatic nitrogens is 4. The molecule has 5 aromatic carbocycles. The van der Waals surface area contributed by atoms with Gasteiger partial charge in [0.1, 0.15) is 22.8 Å². The number of fused-ring (bicyclic) bond motifs is 11. The van der Waals surface area contributed by atoms with Crippen molar-refractivity contribution in [2.45, 2.75) is 29.1 Å². The number of imidazole rings is 1. The molecule has 5 heterocycles. The fourth-order valence-electron chi connectivity index (χ4n) is 7.48. The highest BCUT2D eigenvalue weighted by Gasteiger charge is 2.34. The van der Waals surface area contributed by atoms with E-state index >= 15 is 0 Å². The van der Waals surface area contributed by atoms with Crippen LogP contribution >= 0.6 is 11.8 Å². The molecule has 0 atom stereocenters. The van der Waals surface area contributed by atoms with Gasteiger partial charge in [0.25, 0.3) is 0 Å². The molecule has 1 aliphatic rings. The van der Waals surface area contributed by atoms with Gasteiger partial charge in [-0.3, -0.25) is 8.97 Å². The molecule has 5 nitrogen and oxygen atoms in total. The summed E-state index contributed by atoms with van der Waals surface area (Å²) in [5, 5.41) is 5.75. The predicted molar refractivity (Wildman–Crippen MR) is 192 cm³/mol. The molecule has 4 aromatic heterocycles. The summed E-state index contributed by atoms with van der Waals surface area (Å²) in [6, 6.07) is 40.8. The standard InChI is InChI=1S/C41H28N4OS/c1-41(2)33-13-4-6-15-37(33)47-38-24-36-31(23-34(38)41)30-12-8-18-42-40(30)45(36)25-9-7-10-26(21-25)46-27-16-17-28-29-11-3-5-14-35(29)44-20-19-43-39(44)32(28)22-27/h3-24H,1-2H3. The van der Waals surface area contributed by atoms with Gasteiger partial charge in [-0.15, -0.1) is 0 Å². The average molecular weight is 625 g/mol. The SMILES string of the molecule is CC1(C)c2ccccc2Sc2cc3c(cc21)c1cccnc1n3-c1cccc(Oc2ccc3c4ccccc4n4ccnc4c3c2)c1. The molecule has 0 amide bonds. The molecule has 10 rings (SSSR count). The first-order valence-electron chi connectivity index (χ1n) is 15.8. The molecule has 0 saturated carbocycles. The van der Waals surface area contributed by atoms with Gasteiger partial charge < -0.3 is 4.74 Å². The summed E-state index contributed by atoms with van der Waals surface area (Å²) in [4.78, 5) is 12.2. The van der Waals surface area contributed by atoms with Gasteiger partial charge in [0.05, 0.1) is 16.7 Å². The van der Waals surface area contributed by atoms with Crippen LogP contribution in [-0.2, 0) is 5.41 Å². The van der Waals surface area contributed by atoms with Crippen molar-refractivity contribution in [1.82, 2.24) is 18.9 Å². The van der Waals surface area contributed by atoms with Crippen molar-refractivity contribution in [2.75, 3.05) is 0 Å². The minimum absolute atomic E-state index is 0.107. The molecule has 0 aliphatic carbocycles. The van der Waals surface area contributed by atoms with E-state index in [2.05, 4.69) is 120 Å². The average Bonchev–Trinajstić information content (AvgIpc) is 3.72. The number of hydrogen-bond donors (Lipinski definition) is 0. The van der Waals surface area contributed by atoms with E-state index in [0.29, 0.717) is 0 Å². The summed E-state index contributed by atoms with van der Waals surface area (Å²) in [6.45, 7) is 4.67. The largest absolute Gasteiger partial charge is 0.457 e. The molecule has 0 radical (unpaired) electrons. The second-order valence-electron chi connectivity index (χ2n) is 12.7. The summed E-state index contributed by atoms with van der Waals surface area (Å²) >= 11 is 1.86. The maximum atomic E-state index is 6.57. The summed E-state index contributed by atoms with van der Waals surface area (Å²) in [5.41, 5.74) is 7.75. The molecular formula is C41H28N4OS. The molecule has 224 valence electrons. The number of para-hydroxylation sites is 1. The Morgan fingerprint density at radius 2 is 1.40 bits per heavy atom. The van der Waals surface area contributed by atoms with Crippen LogP contribution in [-0.4, -0.2) is 18.9 Å². The fourth-order valence-corrected chi connectivity index (χ4v) is 8.89. The minimum atomic E-state index is -0.107. The Morgan fingerprint density at radius 1 is 0.574 bits per heavy atom. The molecule has 0 bridgehead atoms. The minimum Gasteiger partial charge on any atom is -0.457 e.